The number of benzene rings is 1. The SMILES string of the molecule is CCN(C(=O)CNc1ccc(NC(=O)C2CC2)cc1)C1CCCCC1. The van der Waals surface area contributed by atoms with Crippen LogP contribution in [-0.4, -0.2) is 35.8 Å². The van der Waals surface area contributed by atoms with Crippen LogP contribution in [0.25, 0.3) is 0 Å². The Kier molecular flexibility index (Phi) is 5.95. The Hall–Kier alpha value is -2.04. The number of likely N-dealkylation sites (N-methyl/N-ethyl adjacent to an activating group) is 1. The number of nitrogens with one attached hydrogen (secondary N) is 2. The van der Waals surface area contributed by atoms with Crippen LogP contribution in [0.3, 0.4) is 0 Å². The summed E-state index contributed by atoms with van der Waals surface area (Å²) in [7, 11) is 0. The summed E-state index contributed by atoms with van der Waals surface area (Å²) < 4.78 is 0. The predicted molar refractivity (Wildman–Crippen MR) is 101 cm³/mol. The van der Waals surface area contributed by atoms with E-state index < -0.39 is 0 Å². The van der Waals surface area contributed by atoms with Crippen molar-refractivity contribution in [2.45, 2.75) is 57.9 Å². The fourth-order valence-corrected chi connectivity index (χ4v) is 3.57. The molecule has 0 heterocycles. The van der Waals surface area contributed by atoms with Crippen LogP contribution in [0.2, 0.25) is 0 Å². The maximum absolute atomic E-state index is 12.5. The van der Waals surface area contributed by atoms with Crippen molar-refractivity contribution in [3.8, 4) is 0 Å². The molecule has 25 heavy (non-hydrogen) atoms. The Morgan fingerprint density at radius 2 is 1.64 bits per heavy atom. The van der Waals surface area contributed by atoms with Crippen LogP contribution in [0.15, 0.2) is 24.3 Å². The van der Waals surface area contributed by atoms with Gasteiger partial charge in [-0.2, -0.15) is 0 Å². The summed E-state index contributed by atoms with van der Waals surface area (Å²) in [4.78, 5) is 26.3. The standard InChI is InChI=1S/C20H29N3O2/c1-2-23(18-6-4-3-5-7-18)19(24)14-21-16-10-12-17(13-11-16)22-20(25)15-8-9-15/h10-13,15,18,21H,2-9,14H2,1H3,(H,22,25). The Bertz CT molecular complexity index is 589. The number of hydrogen-bond donors (Lipinski definition) is 2. The zero-order valence-electron chi connectivity index (χ0n) is 15.1. The largest absolute Gasteiger partial charge is 0.376 e. The lowest BCUT2D eigenvalue weighted by Gasteiger charge is -2.33. The number of anilines is 2. The number of amides is 2. The molecule has 2 N–H and O–H groups in total. The Morgan fingerprint density at radius 1 is 1.00 bits per heavy atom. The van der Waals surface area contributed by atoms with E-state index in [0.29, 0.717) is 12.6 Å². The summed E-state index contributed by atoms with van der Waals surface area (Å²) in [6.07, 6.45) is 8.03. The lowest BCUT2D eigenvalue weighted by atomic mass is 9.94. The minimum atomic E-state index is 0.113. The molecule has 2 amide bonds. The molecule has 0 radical (unpaired) electrons. The van der Waals surface area contributed by atoms with Gasteiger partial charge in [0.15, 0.2) is 0 Å². The molecular formula is C20H29N3O2. The summed E-state index contributed by atoms with van der Waals surface area (Å²) in [5.41, 5.74) is 1.71. The lowest BCUT2D eigenvalue weighted by Crippen LogP contribution is -2.43. The summed E-state index contributed by atoms with van der Waals surface area (Å²) in [5.74, 6) is 0.484. The van der Waals surface area contributed by atoms with Crippen molar-refractivity contribution in [1.82, 2.24) is 4.90 Å². The molecule has 1 aromatic rings. The molecule has 5 heteroatoms. The van der Waals surface area contributed by atoms with Crippen molar-refractivity contribution < 1.29 is 9.59 Å². The molecule has 2 saturated carbocycles. The number of nitrogens with zero attached hydrogens (tertiary/aromatic N) is 1. The molecule has 5 nitrogen and oxygen atoms in total. The average Bonchev–Trinajstić information content (AvgIpc) is 3.48. The average molecular weight is 343 g/mol. The van der Waals surface area contributed by atoms with Crippen LogP contribution in [0.1, 0.15) is 51.9 Å². The third-order valence-corrected chi connectivity index (χ3v) is 5.22. The molecule has 136 valence electrons. The highest BCUT2D eigenvalue weighted by atomic mass is 16.2. The van der Waals surface area contributed by atoms with E-state index >= 15 is 0 Å². The molecule has 0 aromatic heterocycles. The molecule has 3 rings (SSSR count). The monoisotopic (exact) mass is 343 g/mol. The summed E-state index contributed by atoms with van der Waals surface area (Å²) >= 11 is 0. The van der Waals surface area contributed by atoms with Crippen LogP contribution in [0.5, 0.6) is 0 Å². The summed E-state index contributed by atoms with van der Waals surface area (Å²) in [5, 5.41) is 6.13. The van der Waals surface area contributed by atoms with Crippen LogP contribution in [-0.2, 0) is 9.59 Å². The van der Waals surface area contributed by atoms with Gasteiger partial charge in [0, 0.05) is 29.9 Å². The van der Waals surface area contributed by atoms with E-state index in [2.05, 4.69) is 17.6 Å². The van der Waals surface area contributed by atoms with Crippen LogP contribution in [0, 0.1) is 5.92 Å². The topological polar surface area (TPSA) is 61.4 Å². The van der Waals surface area contributed by atoms with Gasteiger partial charge >= 0.3 is 0 Å². The molecule has 0 atom stereocenters. The van der Waals surface area contributed by atoms with E-state index in [1.54, 1.807) is 0 Å². The van der Waals surface area contributed by atoms with Gasteiger partial charge in [-0.15, -0.1) is 0 Å². The van der Waals surface area contributed by atoms with Crippen molar-refractivity contribution in [3.63, 3.8) is 0 Å². The van der Waals surface area contributed by atoms with Gasteiger partial charge in [-0.05, 0) is 56.9 Å². The predicted octanol–water partition coefficient (Wildman–Crippen LogP) is 3.63. The van der Waals surface area contributed by atoms with Gasteiger partial charge in [-0.25, -0.2) is 0 Å². The first-order chi connectivity index (χ1) is 12.2. The molecule has 0 saturated heterocycles. The number of carbonyl (C=O) groups excluding carboxylic acids is 2. The number of hydrogen-bond acceptors (Lipinski definition) is 3. The first-order valence-corrected chi connectivity index (χ1v) is 9.61. The van der Waals surface area contributed by atoms with E-state index in [0.717, 1.165) is 43.6 Å². The van der Waals surface area contributed by atoms with Gasteiger partial charge in [0.05, 0.1) is 6.54 Å². The molecule has 2 aliphatic carbocycles. The van der Waals surface area contributed by atoms with Crippen molar-refractivity contribution >= 4 is 23.2 Å². The van der Waals surface area contributed by atoms with E-state index in [9.17, 15) is 9.59 Å². The van der Waals surface area contributed by atoms with Crippen LogP contribution < -0.4 is 10.6 Å². The molecule has 2 aliphatic rings. The maximum Gasteiger partial charge on any atom is 0.242 e. The highest BCUT2D eigenvalue weighted by molar-refractivity contribution is 5.94. The molecule has 1 aromatic carbocycles. The second-order valence-electron chi connectivity index (χ2n) is 7.17. The molecule has 0 aliphatic heterocycles. The van der Waals surface area contributed by atoms with Gasteiger partial charge in [0.2, 0.25) is 11.8 Å². The van der Waals surface area contributed by atoms with E-state index in [4.69, 9.17) is 0 Å². The van der Waals surface area contributed by atoms with Crippen LogP contribution in [0.4, 0.5) is 11.4 Å². The van der Waals surface area contributed by atoms with Crippen molar-refractivity contribution in [3.05, 3.63) is 24.3 Å². The zero-order valence-corrected chi connectivity index (χ0v) is 15.1. The minimum absolute atomic E-state index is 0.113. The van der Waals surface area contributed by atoms with Crippen molar-refractivity contribution in [1.29, 1.82) is 0 Å². The quantitative estimate of drug-likeness (QED) is 0.795. The highest BCUT2D eigenvalue weighted by Crippen LogP contribution is 2.30. The Labute approximate surface area is 150 Å². The fraction of sp³-hybridized carbons (Fsp3) is 0.600. The number of rotatable bonds is 7. The summed E-state index contributed by atoms with van der Waals surface area (Å²) in [6.45, 7) is 3.15. The first-order valence-electron chi connectivity index (χ1n) is 9.61. The zero-order chi connectivity index (χ0) is 17.6. The third-order valence-electron chi connectivity index (χ3n) is 5.22. The van der Waals surface area contributed by atoms with Gasteiger partial charge in [-0.3, -0.25) is 9.59 Å². The molecule has 2 fully saturated rings. The van der Waals surface area contributed by atoms with E-state index in [-0.39, 0.29) is 17.7 Å². The Balaban J connectivity index is 1.48. The van der Waals surface area contributed by atoms with Crippen LogP contribution >= 0.6 is 0 Å². The molecule has 0 spiro atoms. The minimum Gasteiger partial charge on any atom is -0.376 e. The normalized spacial score (nSPS) is 17.8. The second kappa shape index (κ2) is 8.37. The third kappa shape index (κ3) is 4.97. The van der Waals surface area contributed by atoms with Crippen molar-refractivity contribution in [2.75, 3.05) is 23.7 Å². The fourth-order valence-electron chi connectivity index (χ4n) is 3.57. The molecular weight excluding hydrogens is 314 g/mol. The number of carbonyl (C=O) groups is 2. The van der Waals surface area contributed by atoms with Gasteiger partial charge in [-0.1, -0.05) is 19.3 Å². The van der Waals surface area contributed by atoms with Gasteiger partial charge < -0.3 is 15.5 Å². The smallest absolute Gasteiger partial charge is 0.242 e. The molecule has 0 unspecified atom stereocenters. The summed E-state index contributed by atoms with van der Waals surface area (Å²) in [6, 6.07) is 7.99. The van der Waals surface area contributed by atoms with Crippen molar-refractivity contribution in [2.24, 2.45) is 5.92 Å². The Morgan fingerprint density at radius 3 is 2.24 bits per heavy atom. The lowest BCUT2D eigenvalue weighted by molar-refractivity contribution is -0.132. The van der Waals surface area contributed by atoms with E-state index in [1.807, 2.05) is 29.2 Å². The second-order valence-corrected chi connectivity index (χ2v) is 7.17. The van der Waals surface area contributed by atoms with Gasteiger partial charge in [0.25, 0.3) is 0 Å². The van der Waals surface area contributed by atoms with E-state index in [1.165, 1.54) is 19.3 Å². The van der Waals surface area contributed by atoms with Gasteiger partial charge in [0.1, 0.15) is 0 Å². The maximum atomic E-state index is 12.5. The first kappa shape index (κ1) is 17.8. The highest BCUT2D eigenvalue weighted by Gasteiger charge is 2.29. The molecule has 0 bridgehead atoms.